The van der Waals surface area contributed by atoms with E-state index in [-0.39, 0.29) is 11.7 Å². The smallest absolute Gasteiger partial charge is 0.257 e. The Bertz CT molecular complexity index is 815. The third-order valence-corrected chi connectivity index (χ3v) is 4.06. The van der Waals surface area contributed by atoms with Crippen LogP contribution < -0.4 is 5.32 Å². The van der Waals surface area contributed by atoms with Crippen LogP contribution in [0.2, 0.25) is 5.02 Å². The highest BCUT2D eigenvalue weighted by Gasteiger charge is 2.10. The minimum Gasteiger partial charge on any atom is -0.431 e. The molecule has 1 aromatic heterocycles. The molecule has 0 unspecified atom stereocenters. The van der Waals surface area contributed by atoms with Crippen LogP contribution in [0.4, 0.5) is 5.69 Å². The summed E-state index contributed by atoms with van der Waals surface area (Å²) < 4.78 is 5.55. The Morgan fingerprint density at radius 3 is 2.82 bits per heavy atom. The molecule has 1 heterocycles. The molecule has 0 bridgehead atoms. The number of carbonyl (C=O) groups is 1. The van der Waals surface area contributed by atoms with Gasteiger partial charge in [0.15, 0.2) is 5.58 Å². The lowest BCUT2D eigenvalue weighted by Gasteiger charge is -2.04. The molecule has 0 aliphatic heterocycles. The van der Waals surface area contributed by atoms with Crippen molar-refractivity contribution in [2.75, 3.05) is 11.1 Å². The van der Waals surface area contributed by atoms with Crippen molar-refractivity contribution in [3.63, 3.8) is 0 Å². The standard InChI is InChI=1S/C16H13ClN2O2S/c1-10-2-5-12(6-3-10)18-15(20)9-22-16-19-13-7-4-11(17)8-14(13)21-16/h2-8H,9H2,1H3,(H,18,20). The molecule has 0 saturated carbocycles. The van der Waals surface area contributed by atoms with E-state index >= 15 is 0 Å². The van der Waals surface area contributed by atoms with E-state index in [1.54, 1.807) is 18.2 Å². The number of carbonyl (C=O) groups excluding carboxylic acids is 1. The van der Waals surface area contributed by atoms with E-state index in [1.165, 1.54) is 11.8 Å². The fourth-order valence-electron chi connectivity index (χ4n) is 1.90. The first-order valence-electron chi connectivity index (χ1n) is 6.65. The Morgan fingerprint density at radius 2 is 2.05 bits per heavy atom. The van der Waals surface area contributed by atoms with Gasteiger partial charge in [0, 0.05) is 16.8 Å². The number of aromatic nitrogens is 1. The predicted molar refractivity (Wildman–Crippen MR) is 89.6 cm³/mol. The Kier molecular flexibility index (Phi) is 4.36. The zero-order valence-electron chi connectivity index (χ0n) is 11.8. The predicted octanol–water partition coefficient (Wildman–Crippen LogP) is 4.52. The second-order valence-corrected chi connectivity index (χ2v) is 6.16. The number of fused-ring (bicyclic) bond motifs is 1. The van der Waals surface area contributed by atoms with Crippen molar-refractivity contribution < 1.29 is 9.21 Å². The molecule has 2 aromatic carbocycles. The van der Waals surface area contributed by atoms with Crippen molar-refractivity contribution in [1.29, 1.82) is 0 Å². The third kappa shape index (κ3) is 3.61. The Hall–Kier alpha value is -1.98. The van der Waals surface area contributed by atoms with Gasteiger partial charge in [-0.1, -0.05) is 41.1 Å². The molecular weight excluding hydrogens is 320 g/mol. The van der Waals surface area contributed by atoms with Crippen LogP contribution in [0.5, 0.6) is 0 Å². The van der Waals surface area contributed by atoms with E-state index in [4.69, 9.17) is 16.0 Å². The molecule has 3 rings (SSSR count). The fraction of sp³-hybridized carbons (Fsp3) is 0.125. The van der Waals surface area contributed by atoms with Gasteiger partial charge in [0.2, 0.25) is 5.91 Å². The summed E-state index contributed by atoms with van der Waals surface area (Å²) in [6, 6.07) is 12.9. The lowest BCUT2D eigenvalue weighted by Crippen LogP contribution is -2.13. The molecule has 4 nitrogen and oxygen atoms in total. The lowest BCUT2D eigenvalue weighted by atomic mass is 10.2. The lowest BCUT2D eigenvalue weighted by molar-refractivity contribution is -0.113. The van der Waals surface area contributed by atoms with E-state index < -0.39 is 0 Å². The van der Waals surface area contributed by atoms with Crippen LogP contribution in [0.1, 0.15) is 5.56 Å². The fourth-order valence-corrected chi connectivity index (χ4v) is 2.70. The Morgan fingerprint density at radius 1 is 1.27 bits per heavy atom. The summed E-state index contributed by atoms with van der Waals surface area (Å²) in [5.74, 6) is 0.128. The van der Waals surface area contributed by atoms with Crippen LogP contribution in [0.3, 0.4) is 0 Å². The van der Waals surface area contributed by atoms with E-state index in [9.17, 15) is 4.79 Å². The van der Waals surface area contributed by atoms with Gasteiger partial charge in [0.05, 0.1) is 5.75 Å². The summed E-state index contributed by atoms with van der Waals surface area (Å²) in [5, 5.41) is 3.88. The molecule has 112 valence electrons. The molecule has 0 radical (unpaired) electrons. The molecular formula is C16H13ClN2O2S. The highest BCUT2D eigenvalue weighted by Crippen LogP contribution is 2.25. The van der Waals surface area contributed by atoms with E-state index in [2.05, 4.69) is 10.3 Å². The van der Waals surface area contributed by atoms with Gasteiger partial charge >= 0.3 is 0 Å². The van der Waals surface area contributed by atoms with Crippen molar-refractivity contribution >= 4 is 46.1 Å². The average Bonchev–Trinajstić information content (AvgIpc) is 2.89. The van der Waals surface area contributed by atoms with Gasteiger partial charge in [-0.05, 0) is 31.2 Å². The molecule has 0 spiro atoms. The number of nitrogens with one attached hydrogen (secondary N) is 1. The maximum absolute atomic E-state index is 11.9. The summed E-state index contributed by atoms with van der Waals surface area (Å²) in [6.07, 6.45) is 0. The van der Waals surface area contributed by atoms with Crippen LogP contribution in [-0.4, -0.2) is 16.6 Å². The van der Waals surface area contributed by atoms with Crippen molar-refractivity contribution in [2.45, 2.75) is 12.1 Å². The van der Waals surface area contributed by atoms with Crippen LogP contribution in [0, 0.1) is 6.92 Å². The van der Waals surface area contributed by atoms with Gasteiger partial charge in [0.25, 0.3) is 5.22 Å². The normalized spacial score (nSPS) is 10.8. The van der Waals surface area contributed by atoms with Gasteiger partial charge in [0.1, 0.15) is 5.52 Å². The van der Waals surface area contributed by atoms with Crippen LogP contribution in [0.25, 0.3) is 11.1 Å². The largest absolute Gasteiger partial charge is 0.431 e. The summed E-state index contributed by atoms with van der Waals surface area (Å²) in [7, 11) is 0. The zero-order chi connectivity index (χ0) is 15.5. The van der Waals surface area contributed by atoms with Gasteiger partial charge in [-0.15, -0.1) is 0 Å². The van der Waals surface area contributed by atoms with Gasteiger partial charge < -0.3 is 9.73 Å². The van der Waals surface area contributed by atoms with E-state index in [0.29, 0.717) is 15.8 Å². The number of amides is 1. The van der Waals surface area contributed by atoms with E-state index in [1.807, 2.05) is 31.2 Å². The SMILES string of the molecule is Cc1ccc(NC(=O)CSc2nc3ccc(Cl)cc3o2)cc1. The number of thioether (sulfide) groups is 1. The molecule has 0 fully saturated rings. The molecule has 22 heavy (non-hydrogen) atoms. The highest BCUT2D eigenvalue weighted by molar-refractivity contribution is 7.99. The molecule has 0 atom stereocenters. The summed E-state index contributed by atoms with van der Waals surface area (Å²) in [5.41, 5.74) is 3.28. The second kappa shape index (κ2) is 6.42. The molecule has 6 heteroatoms. The van der Waals surface area contributed by atoms with Crippen molar-refractivity contribution in [3.8, 4) is 0 Å². The maximum atomic E-state index is 11.9. The van der Waals surface area contributed by atoms with Crippen LogP contribution in [0.15, 0.2) is 52.1 Å². The number of benzene rings is 2. The van der Waals surface area contributed by atoms with Crippen molar-refractivity contribution in [3.05, 3.63) is 53.1 Å². The summed E-state index contributed by atoms with van der Waals surface area (Å²) in [6.45, 7) is 2.00. The van der Waals surface area contributed by atoms with Gasteiger partial charge in [-0.2, -0.15) is 0 Å². The topological polar surface area (TPSA) is 55.1 Å². The first kappa shape index (κ1) is 14.9. The molecule has 0 aliphatic carbocycles. The number of halogens is 1. The number of anilines is 1. The highest BCUT2D eigenvalue weighted by atomic mass is 35.5. The molecule has 1 N–H and O–H groups in total. The number of hydrogen-bond donors (Lipinski definition) is 1. The minimum absolute atomic E-state index is 0.103. The number of rotatable bonds is 4. The average molecular weight is 333 g/mol. The quantitative estimate of drug-likeness (QED) is 0.714. The molecule has 1 amide bonds. The maximum Gasteiger partial charge on any atom is 0.257 e. The number of aryl methyl sites for hydroxylation is 1. The molecule has 3 aromatic rings. The third-order valence-electron chi connectivity index (χ3n) is 2.99. The molecule has 0 aliphatic rings. The first-order chi connectivity index (χ1) is 10.6. The molecule has 0 saturated heterocycles. The van der Waals surface area contributed by atoms with Gasteiger partial charge in [-0.3, -0.25) is 4.79 Å². The second-order valence-electron chi connectivity index (χ2n) is 4.79. The number of nitrogens with zero attached hydrogens (tertiary/aromatic N) is 1. The van der Waals surface area contributed by atoms with Crippen molar-refractivity contribution in [2.24, 2.45) is 0 Å². The van der Waals surface area contributed by atoms with Gasteiger partial charge in [-0.25, -0.2) is 4.98 Å². The number of hydrogen-bond acceptors (Lipinski definition) is 4. The van der Waals surface area contributed by atoms with Crippen molar-refractivity contribution in [1.82, 2.24) is 4.98 Å². The monoisotopic (exact) mass is 332 g/mol. The summed E-state index contributed by atoms with van der Waals surface area (Å²) in [4.78, 5) is 16.2. The first-order valence-corrected chi connectivity index (χ1v) is 8.02. The summed E-state index contributed by atoms with van der Waals surface area (Å²) >= 11 is 7.15. The Labute approximate surface area is 136 Å². The van der Waals surface area contributed by atoms with E-state index in [0.717, 1.165) is 16.8 Å². The van der Waals surface area contributed by atoms with Crippen LogP contribution in [-0.2, 0) is 4.79 Å². The number of oxazole rings is 1. The minimum atomic E-state index is -0.103. The van der Waals surface area contributed by atoms with Crippen LogP contribution >= 0.6 is 23.4 Å². The Balaban J connectivity index is 1.61. The zero-order valence-corrected chi connectivity index (χ0v) is 13.4.